The van der Waals surface area contributed by atoms with Gasteiger partial charge in [-0.05, 0) is 17.7 Å². The first-order valence-electron chi connectivity index (χ1n) is 6.12. The summed E-state index contributed by atoms with van der Waals surface area (Å²) in [7, 11) is 1.94. The number of benzene rings is 1. The Morgan fingerprint density at radius 1 is 1.32 bits per heavy atom. The molecular weight excluding hydrogens is 244 g/mol. The zero-order valence-corrected chi connectivity index (χ0v) is 10.7. The Balaban J connectivity index is 1.98. The predicted octanol–water partition coefficient (Wildman–Crippen LogP) is 0.744. The molecule has 0 bridgehead atoms. The number of nitrogens with zero attached hydrogens (tertiary/aromatic N) is 2. The number of hydrogen-bond acceptors (Lipinski definition) is 5. The molecule has 1 aromatic heterocycles. The summed E-state index contributed by atoms with van der Waals surface area (Å²) in [6.45, 7) is 1.16. The Morgan fingerprint density at radius 2 is 2.11 bits per heavy atom. The van der Waals surface area contributed by atoms with Crippen LogP contribution in [0, 0.1) is 0 Å². The van der Waals surface area contributed by atoms with E-state index in [1.807, 2.05) is 36.0 Å². The van der Waals surface area contributed by atoms with Crippen molar-refractivity contribution in [1.29, 1.82) is 0 Å². The van der Waals surface area contributed by atoms with Gasteiger partial charge in [-0.15, -0.1) is 0 Å². The standard InChI is InChI=1S/C13H16N4O2/c1-17-5-4-15-13(17)12(16-14)9-2-3-10-11(8-9)19-7-6-18-10/h2-5,8,12,16H,6-7,14H2,1H3. The van der Waals surface area contributed by atoms with Gasteiger partial charge >= 0.3 is 0 Å². The third-order valence-electron chi connectivity index (χ3n) is 3.18. The third kappa shape index (κ3) is 2.16. The molecule has 100 valence electrons. The van der Waals surface area contributed by atoms with E-state index in [0.717, 1.165) is 22.9 Å². The van der Waals surface area contributed by atoms with Gasteiger partial charge in [-0.25, -0.2) is 10.4 Å². The zero-order valence-electron chi connectivity index (χ0n) is 10.7. The van der Waals surface area contributed by atoms with Crippen molar-refractivity contribution >= 4 is 0 Å². The number of nitrogens with one attached hydrogen (secondary N) is 1. The lowest BCUT2D eigenvalue weighted by Crippen LogP contribution is -2.31. The van der Waals surface area contributed by atoms with Crippen LogP contribution in [0.1, 0.15) is 17.4 Å². The van der Waals surface area contributed by atoms with E-state index in [0.29, 0.717) is 13.2 Å². The molecule has 1 unspecified atom stereocenters. The van der Waals surface area contributed by atoms with E-state index < -0.39 is 0 Å². The maximum Gasteiger partial charge on any atom is 0.161 e. The topological polar surface area (TPSA) is 74.3 Å². The molecule has 2 heterocycles. The second-order valence-electron chi connectivity index (χ2n) is 4.40. The summed E-state index contributed by atoms with van der Waals surface area (Å²) in [6.07, 6.45) is 3.63. The smallest absolute Gasteiger partial charge is 0.161 e. The number of hydrazine groups is 1. The molecule has 0 amide bonds. The summed E-state index contributed by atoms with van der Waals surface area (Å²) in [4.78, 5) is 4.32. The van der Waals surface area contributed by atoms with E-state index in [4.69, 9.17) is 15.3 Å². The number of imidazole rings is 1. The zero-order chi connectivity index (χ0) is 13.2. The second kappa shape index (κ2) is 4.91. The minimum absolute atomic E-state index is 0.184. The highest BCUT2D eigenvalue weighted by molar-refractivity contribution is 5.45. The molecule has 0 aliphatic carbocycles. The van der Waals surface area contributed by atoms with Crippen molar-refractivity contribution in [1.82, 2.24) is 15.0 Å². The van der Waals surface area contributed by atoms with E-state index in [2.05, 4.69) is 10.4 Å². The lowest BCUT2D eigenvalue weighted by atomic mass is 10.1. The Morgan fingerprint density at radius 3 is 2.79 bits per heavy atom. The van der Waals surface area contributed by atoms with Gasteiger partial charge in [0.2, 0.25) is 0 Å². The summed E-state index contributed by atoms with van der Waals surface area (Å²) in [6, 6.07) is 5.62. The molecule has 1 aliphatic heterocycles. The van der Waals surface area contributed by atoms with Gasteiger partial charge in [-0.1, -0.05) is 6.07 Å². The molecule has 1 aliphatic rings. The van der Waals surface area contributed by atoms with Crippen molar-refractivity contribution in [3.8, 4) is 11.5 Å². The molecule has 0 spiro atoms. The van der Waals surface area contributed by atoms with Crippen molar-refractivity contribution in [3.63, 3.8) is 0 Å². The monoisotopic (exact) mass is 260 g/mol. The fourth-order valence-corrected chi connectivity index (χ4v) is 2.21. The summed E-state index contributed by atoms with van der Waals surface area (Å²) in [5.74, 6) is 8.03. The molecular formula is C13H16N4O2. The van der Waals surface area contributed by atoms with Crippen LogP contribution in [0.2, 0.25) is 0 Å². The minimum atomic E-state index is -0.184. The lowest BCUT2D eigenvalue weighted by Gasteiger charge is -2.21. The second-order valence-corrected chi connectivity index (χ2v) is 4.40. The van der Waals surface area contributed by atoms with Crippen LogP contribution < -0.4 is 20.7 Å². The highest BCUT2D eigenvalue weighted by Gasteiger charge is 2.20. The molecule has 2 aromatic rings. The number of rotatable bonds is 3. The van der Waals surface area contributed by atoms with E-state index in [1.165, 1.54) is 0 Å². The molecule has 0 saturated heterocycles. The fraction of sp³-hybridized carbons (Fsp3) is 0.308. The minimum Gasteiger partial charge on any atom is -0.486 e. The van der Waals surface area contributed by atoms with Crippen molar-refractivity contribution < 1.29 is 9.47 Å². The maximum absolute atomic E-state index is 5.67. The van der Waals surface area contributed by atoms with E-state index in [-0.39, 0.29) is 6.04 Å². The molecule has 0 saturated carbocycles. The molecule has 3 rings (SSSR count). The predicted molar refractivity (Wildman–Crippen MR) is 69.8 cm³/mol. The highest BCUT2D eigenvalue weighted by atomic mass is 16.6. The van der Waals surface area contributed by atoms with Crippen molar-refractivity contribution in [3.05, 3.63) is 42.0 Å². The van der Waals surface area contributed by atoms with Crippen molar-refractivity contribution in [2.75, 3.05) is 13.2 Å². The first-order valence-corrected chi connectivity index (χ1v) is 6.12. The summed E-state index contributed by atoms with van der Waals surface area (Å²) < 4.78 is 13.0. The van der Waals surface area contributed by atoms with Gasteiger partial charge in [0.15, 0.2) is 11.5 Å². The number of hydrogen-bond donors (Lipinski definition) is 2. The molecule has 0 radical (unpaired) electrons. The van der Waals surface area contributed by atoms with Crippen LogP contribution in [0.25, 0.3) is 0 Å². The number of aryl methyl sites for hydroxylation is 1. The van der Waals surface area contributed by atoms with Gasteiger partial charge in [0.05, 0.1) is 0 Å². The van der Waals surface area contributed by atoms with Gasteiger partial charge in [0, 0.05) is 19.4 Å². The summed E-state index contributed by atoms with van der Waals surface area (Å²) in [5, 5.41) is 0. The van der Waals surface area contributed by atoms with Crippen molar-refractivity contribution in [2.45, 2.75) is 6.04 Å². The summed E-state index contributed by atoms with van der Waals surface area (Å²) >= 11 is 0. The van der Waals surface area contributed by atoms with Crippen LogP contribution in [0.15, 0.2) is 30.6 Å². The maximum atomic E-state index is 5.67. The van der Waals surface area contributed by atoms with E-state index in [9.17, 15) is 0 Å². The van der Waals surface area contributed by atoms with Crippen LogP contribution in [-0.2, 0) is 7.05 Å². The Kier molecular flexibility index (Phi) is 3.10. The lowest BCUT2D eigenvalue weighted by molar-refractivity contribution is 0.171. The van der Waals surface area contributed by atoms with Gasteiger partial charge in [0.1, 0.15) is 25.1 Å². The van der Waals surface area contributed by atoms with Gasteiger partial charge in [-0.3, -0.25) is 5.84 Å². The summed E-state index contributed by atoms with van der Waals surface area (Å²) in [5.41, 5.74) is 3.78. The van der Waals surface area contributed by atoms with Crippen LogP contribution in [0.5, 0.6) is 11.5 Å². The molecule has 1 atom stereocenters. The Bertz CT molecular complexity index is 582. The van der Waals surface area contributed by atoms with Gasteiger partial charge in [0.25, 0.3) is 0 Å². The molecule has 0 fully saturated rings. The van der Waals surface area contributed by atoms with E-state index >= 15 is 0 Å². The average molecular weight is 260 g/mol. The van der Waals surface area contributed by atoms with Crippen molar-refractivity contribution in [2.24, 2.45) is 12.9 Å². The van der Waals surface area contributed by atoms with Gasteiger partial charge in [-0.2, -0.15) is 0 Å². The molecule has 6 heteroatoms. The Labute approximate surface area is 111 Å². The Hall–Kier alpha value is -2.05. The molecule has 19 heavy (non-hydrogen) atoms. The molecule has 6 nitrogen and oxygen atoms in total. The van der Waals surface area contributed by atoms with Crippen LogP contribution >= 0.6 is 0 Å². The highest BCUT2D eigenvalue weighted by Crippen LogP contribution is 2.33. The fourth-order valence-electron chi connectivity index (χ4n) is 2.21. The van der Waals surface area contributed by atoms with E-state index in [1.54, 1.807) is 6.20 Å². The number of aromatic nitrogens is 2. The SMILES string of the molecule is Cn1ccnc1C(NN)c1ccc2c(c1)OCCO2. The third-order valence-corrected chi connectivity index (χ3v) is 3.18. The van der Waals surface area contributed by atoms with Crippen LogP contribution in [-0.4, -0.2) is 22.8 Å². The first-order chi connectivity index (χ1) is 9.29. The molecule has 1 aromatic carbocycles. The number of nitrogens with two attached hydrogens (primary N) is 1. The quantitative estimate of drug-likeness (QED) is 0.629. The van der Waals surface area contributed by atoms with Crippen LogP contribution in [0.4, 0.5) is 0 Å². The van der Waals surface area contributed by atoms with Gasteiger partial charge < -0.3 is 14.0 Å². The van der Waals surface area contributed by atoms with Crippen LogP contribution in [0.3, 0.4) is 0 Å². The largest absolute Gasteiger partial charge is 0.486 e. The average Bonchev–Trinajstić information content (AvgIpc) is 2.86. The number of fused-ring (bicyclic) bond motifs is 1. The first kappa shape index (κ1) is 12.0. The normalized spacial score (nSPS) is 15.3. The number of ether oxygens (including phenoxy) is 2. The molecule has 3 N–H and O–H groups in total.